The van der Waals surface area contributed by atoms with Crippen molar-refractivity contribution in [3.05, 3.63) is 54.2 Å². The first-order valence-corrected chi connectivity index (χ1v) is 8.94. The summed E-state index contributed by atoms with van der Waals surface area (Å²) in [7, 11) is 0. The lowest BCUT2D eigenvalue weighted by atomic mass is 10.2. The van der Waals surface area contributed by atoms with Crippen LogP contribution in [0.5, 0.6) is 0 Å². The first-order valence-electron chi connectivity index (χ1n) is 8.94. The zero-order valence-corrected chi connectivity index (χ0v) is 14.3. The number of rotatable bonds is 6. The standard InChI is InChI=1S/C19H23N5O/c1-2-6-15(7-3-1)12-20-10-9-16-18-19(22-13-21-16)24(14-23-18)17-8-4-5-11-25-17/h1-3,6-7,13-14,17,20H,4-5,8-12H2. The van der Waals surface area contributed by atoms with Crippen molar-refractivity contribution < 1.29 is 4.74 Å². The minimum atomic E-state index is 0.0534. The molecule has 1 atom stereocenters. The molecular formula is C19H23N5O. The quantitative estimate of drug-likeness (QED) is 0.701. The zero-order valence-electron chi connectivity index (χ0n) is 14.3. The Morgan fingerprint density at radius 1 is 1.12 bits per heavy atom. The summed E-state index contributed by atoms with van der Waals surface area (Å²) in [5.41, 5.74) is 4.03. The van der Waals surface area contributed by atoms with E-state index in [1.54, 1.807) is 6.33 Å². The van der Waals surface area contributed by atoms with E-state index >= 15 is 0 Å². The van der Waals surface area contributed by atoms with Crippen molar-refractivity contribution in [2.24, 2.45) is 0 Å². The summed E-state index contributed by atoms with van der Waals surface area (Å²) in [5, 5.41) is 3.47. The molecule has 0 saturated carbocycles. The van der Waals surface area contributed by atoms with Crippen molar-refractivity contribution in [2.75, 3.05) is 13.2 Å². The Kier molecular flexibility index (Phi) is 4.99. The lowest BCUT2D eigenvalue weighted by Crippen LogP contribution is -2.18. The Morgan fingerprint density at radius 2 is 2.04 bits per heavy atom. The van der Waals surface area contributed by atoms with Gasteiger partial charge in [0.25, 0.3) is 0 Å². The number of benzene rings is 1. The van der Waals surface area contributed by atoms with Crippen LogP contribution in [-0.2, 0) is 17.7 Å². The maximum atomic E-state index is 5.87. The molecule has 25 heavy (non-hydrogen) atoms. The van der Waals surface area contributed by atoms with Crippen molar-refractivity contribution in [1.82, 2.24) is 24.8 Å². The largest absolute Gasteiger partial charge is 0.358 e. The number of nitrogens with one attached hydrogen (secondary N) is 1. The summed E-state index contributed by atoms with van der Waals surface area (Å²) < 4.78 is 7.92. The summed E-state index contributed by atoms with van der Waals surface area (Å²) in [6.45, 7) is 2.53. The zero-order chi connectivity index (χ0) is 16.9. The van der Waals surface area contributed by atoms with Gasteiger partial charge in [-0.2, -0.15) is 0 Å². The van der Waals surface area contributed by atoms with Gasteiger partial charge in [-0.15, -0.1) is 0 Å². The maximum Gasteiger partial charge on any atom is 0.165 e. The summed E-state index contributed by atoms with van der Waals surface area (Å²) >= 11 is 0. The molecule has 130 valence electrons. The normalized spacial score (nSPS) is 17.8. The molecule has 1 aliphatic rings. The molecule has 1 unspecified atom stereocenters. The minimum absolute atomic E-state index is 0.0534. The number of ether oxygens (including phenoxy) is 1. The first-order chi connectivity index (χ1) is 12.4. The van der Waals surface area contributed by atoms with Gasteiger partial charge in [0.2, 0.25) is 0 Å². The number of nitrogens with zero attached hydrogens (tertiary/aromatic N) is 4. The number of hydrogen-bond donors (Lipinski definition) is 1. The summed E-state index contributed by atoms with van der Waals surface area (Å²) in [4.78, 5) is 13.4. The molecule has 1 saturated heterocycles. The van der Waals surface area contributed by atoms with E-state index < -0.39 is 0 Å². The average Bonchev–Trinajstić information content (AvgIpc) is 3.12. The van der Waals surface area contributed by atoms with Gasteiger partial charge < -0.3 is 10.1 Å². The van der Waals surface area contributed by atoms with E-state index in [1.807, 2.05) is 12.4 Å². The summed E-state index contributed by atoms with van der Waals surface area (Å²) in [6.07, 6.45) is 7.70. The second kappa shape index (κ2) is 7.72. The summed E-state index contributed by atoms with van der Waals surface area (Å²) in [5.74, 6) is 0. The van der Waals surface area contributed by atoms with Gasteiger partial charge in [0, 0.05) is 26.1 Å². The van der Waals surface area contributed by atoms with Crippen LogP contribution in [0.15, 0.2) is 43.0 Å². The van der Waals surface area contributed by atoms with Crippen LogP contribution in [0.1, 0.15) is 36.7 Å². The van der Waals surface area contributed by atoms with Gasteiger partial charge >= 0.3 is 0 Å². The smallest absolute Gasteiger partial charge is 0.165 e. The molecule has 1 fully saturated rings. The Bertz CT molecular complexity index is 811. The number of fused-ring (bicyclic) bond motifs is 1. The fourth-order valence-corrected chi connectivity index (χ4v) is 3.27. The fraction of sp³-hybridized carbons (Fsp3) is 0.421. The Balaban J connectivity index is 1.42. The van der Waals surface area contributed by atoms with E-state index in [-0.39, 0.29) is 6.23 Å². The molecule has 6 nitrogen and oxygen atoms in total. The summed E-state index contributed by atoms with van der Waals surface area (Å²) in [6, 6.07) is 10.4. The predicted octanol–water partition coefficient (Wildman–Crippen LogP) is 2.86. The molecule has 0 radical (unpaired) electrons. The molecule has 3 aromatic rings. The van der Waals surface area contributed by atoms with Gasteiger partial charge in [-0.05, 0) is 24.8 Å². The predicted molar refractivity (Wildman–Crippen MR) is 96.0 cm³/mol. The Morgan fingerprint density at radius 3 is 2.88 bits per heavy atom. The minimum Gasteiger partial charge on any atom is -0.358 e. The van der Waals surface area contributed by atoms with Gasteiger partial charge in [0.15, 0.2) is 5.65 Å². The van der Waals surface area contributed by atoms with Crippen LogP contribution in [0.3, 0.4) is 0 Å². The van der Waals surface area contributed by atoms with Gasteiger partial charge in [0.05, 0.1) is 12.0 Å². The highest BCUT2D eigenvalue weighted by atomic mass is 16.5. The molecule has 0 aliphatic carbocycles. The third-order valence-corrected chi connectivity index (χ3v) is 4.61. The highest BCUT2D eigenvalue weighted by molar-refractivity contribution is 5.73. The van der Waals surface area contributed by atoms with E-state index in [2.05, 4.69) is 49.1 Å². The number of imidazole rings is 1. The van der Waals surface area contributed by atoms with Crippen LogP contribution < -0.4 is 5.32 Å². The highest BCUT2D eigenvalue weighted by Crippen LogP contribution is 2.26. The molecule has 4 rings (SSSR count). The second-order valence-corrected chi connectivity index (χ2v) is 6.38. The van der Waals surface area contributed by atoms with Crippen molar-refractivity contribution in [3.8, 4) is 0 Å². The SMILES string of the molecule is c1ccc(CNCCc2ncnc3c2ncn3C2CCCCO2)cc1. The molecule has 2 aromatic heterocycles. The fourth-order valence-electron chi connectivity index (χ4n) is 3.27. The van der Waals surface area contributed by atoms with Gasteiger partial charge in [-0.3, -0.25) is 4.57 Å². The molecule has 3 heterocycles. The van der Waals surface area contributed by atoms with Gasteiger partial charge in [0.1, 0.15) is 18.1 Å². The van der Waals surface area contributed by atoms with Crippen LogP contribution in [0.2, 0.25) is 0 Å². The van der Waals surface area contributed by atoms with Crippen LogP contribution in [0.4, 0.5) is 0 Å². The average molecular weight is 337 g/mol. The number of hydrogen-bond acceptors (Lipinski definition) is 5. The van der Waals surface area contributed by atoms with Crippen LogP contribution in [0.25, 0.3) is 11.2 Å². The Labute approximate surface area is 147 Å². The van der Waals surface area contributed by atoms with Crippen molar-refractivity contribution in [1.29, 1.82) is 0 Å². The molecule has 0 spiro atoms. The Hall–Kier alpha value is -2.31. The first kappa shape index (κ1) is 16.2. The molecule has 1 aromatic carbocycles. The van der Waals surface area contributed by atoms with E-state index in [4.69, 9.17) is 4.74 Å². The molecular weight excluding hydrogens is 314 g/mol. The third kappa shape index (κ3) is 3.70. The van der Waals surface area contributed by atoms with Crippen LogP contribution in [0, 0.1) is 0 Å². The topological polar surface area (TPSA) is 64.9 Å². The van der Waals surface area contributed by atoms with E-state index in [1.165, 1.54) is 12.0 Å². The number of aromatic nitrogens is 4. The van der Waals surface area contributed by atoms with E-state index in [0.717, 1.165) is 55.8 Å². The maximum absolute atomic E-state index is 5.87. The molecule has 0 bridgehead atoms. The van der Waals surface area contributed by atoms with Crippen LogP contribution >= 0.6 is 0 Å². The van der Waals surface area contributed by atoms with E-state index in [0.29, 0.717) is 0 Å². The second-order valence-electron chi connectivity index (χ2n) is 6.38. The molecule has 0 amide bonds. The molecule has 1 N–H and O–H groups in total. The monoisotopic (exact) mass is 337 g/mol. The van der Waals surface area contributed by atoms with Crippen molar-refractivity contribution in [2.45, 2.75) is 38.5 Å². The van der Waals surface area contributed by atoms with Gasteiger partial charge in [-0.1, -0.05) is 30.3 Å². The molecule has 6 heteroatoms. The lowest BCUT2D eigenvalue weighted by Gasteiger charge is -2.23. The third-order valence-electron chi connectivity index (χ3n) is 4.61. The van der Waals surface area contributed by atoms with Crippen LogP contribution in [-0.4, -0.2) is 32.7 Å². The van der Waals surface area contributed by atoms with Gasteiger partial charge in [-0.25, -0.2) is 15.0 Å². The van der Waals surface area contributed by atoms with E-state index in [9.17, 15) is 0 Å². The lowest BCUT2D eigenvalue weighted by molar-refractivity contribution is -0.0298. The highest BCUT2D eigenvalue weighted by Gasteiger charge is 2.19. The molecule has 1 aliphatic heterocycles. The van der Waals surface area contributed by atoms with Crippen molar-refractivity contribution >= 4 is 11.2 Å². The van der Waals surface area contributed by atoms with Crippen molar-refractivity contribution in [3.63, 3.8) is 0 Å².